The van der Waals surface area contributed by atoms with Crippen molar-refractivity contribution in [1.82, 2.24) is 0 Å². The van der Waals surface area contributed by atoms with Crippen molar-refractivity contribution in [3.63, 3.8) is 0 Å². The Morgan fingerprint density at radius 2 is 1.62 bits per heavy atom. The number of hydrogen-bond donors (Lipinski definition) is 1. The maximum atomic E-state index is 6.11. The molecule has 16 heavy (non-hydrogen) atoms. The Hall–Kier alpha value is -1.02. The van der Waals surface area contributed by atoms with Crippen molar-refractivity contribution in [2.45, 2.75) is 46.3 Å². The third-order valence-corrected chi connectivity index (χ3v) is 2.41. The van der Waals surface area contributed by atoms with Crippen LogP contribution in [0.25, 0.3) is 0 Å². The topological polar surface area (TPSA) is 35.2 Å². The second-order valence-electron chi connectivity index (χ2n) is 4.97. The van der Waals surface area contributed by atoms with Gasteiger partial charge in [-0.2, -0.15) is 0 Å². The highest BCUT2D eigenvalue weighted by atomic mass is 16.5. The fraction of sp³-hybridized carbons (Fsp3) is 0.571. The first-order valence-corrected chi connectivity index (χ1v) is 6.01. The molecule has 0 radical (unpaired) electrons. The molecule has 1 atom stereocenters. The van der Waals surface area contributed by atoms with Crippen LogP contribution in [-0.2, 0) is 0 Å². The standard InChI is InChI=1S/C14H23NO/c1-10(2)9-14(15)12-5-7-13(8-6-12)16-11(3)4/h5-8,10-11,14H,9,15H2,1-4H3/t14-/m1/s1. The first kappa shape index (κ1) is 13.0. The molecule has 2 nitrogen and oxygen atoms in total. The van der Waals surface area contributed by atoms with Crippen molar-refractivity contribution < 1.29 is 4.74 Å². The lowest BCUT2D eigenvalue weighted by molar-refractivity contribution is 0.242. The first-order valence-electron chi connectivity index (χ1n) is 6.01. The summed E-state index contributed by atoms with van der Waals surface area (Å²) in [5.74, 6) is 1.54. The fourth-order valence-electron chi connectivity index (χ4n) is 1.71. The molecule has 0 saturated heterocycles. The van der Waals surface area contributed by atoms with E-state index in [1.807, 2.05) is 26.0 Å². The second-order valence-corrected chi connectivity index (χ2v) is 4.97. The molecule has 2 heteroatoms. The van der Waals surface area contributed by atoms with E-state index >= 15 is 0 Å². The molecule has 0 amide bonds. The van der Waals surface area contributed by atoms with Crippen molar-refractivity contribution in [3.8, 4) is 5.75 Å². The van der Waals surface area contributed by atoms with Gasteiger partial charge >= 0.3 is 0 Å². The monoisotopic (exact) mass is 221 g/mol. The summed E-state index contributed by atoms with van der Waals surface area (Å²) in [4.78, 5) is 0. The molecule has 1 rings (SSSR count). The Morgan fingerprint density at radius 1 is 1.06 bits per heavy atom. The van der Waals surface area contributed by atoms with E-state index in [2.05, 4.69) is 26.0 Å². The van der Waals surface area contributed by atoms with E-state index in [-0.39, 0.29) is 12.1 Å². The first-order chi connectivity index (χ1) is 7.49. The van der Waals surface area contributed by atoms with Gasteiger partial charge in [-0.1, -0.05) is 26.0 Å². The van der Waals surface area contributed by atoms with Crippen LogP contribution >= 0.6 is 0 Å². The highest BCUT2D eigenvalue weighted by Crippen LogP contribution is 2.21. The van der Waals surface area contributed by atoms with Gasteiger partial charge in [0.15, 0.2) is 0 Å². The van der Waals surface area contributed by atoms with Crippen molar-refractivity contribution in [3.05, 3.63) is 29.8 Å². The maximum absolute atomic E-state index is 6.11. The summed E-state index contributed by atoms with van der Waals surface area (Å²) in [7, 11) is 0. The van der Waals surface area contributed by atoms with Crippen LogP contribution in [0.2, 0.25) is 0 Å². The average Bonchev–Trinajstić information content (AvgIpc) is 2.16. The van der Waals surface area contributed by atoms with Gasteiger partial charge in [0.05, 0.1) is 6.10 Å². The normalized spacial score (nSPS) is 13.2. The van der Waals surface area contributed by atoms with Gasteiger partial charge in [-0.05, 0) is 43.9 Å². The predicted molar refractivity (Wildman–Crippen MR) is 68.6 cm³/mol. The summed E-state index contributed by atoms with van der Waals surface area (Å²) in [6.45, 7) is 8.43. The van der Waals surface area contributed by atoms with Crippen molar-refractivity contribution in [2.75, 3.05) is 0 Å². The quantitative estimate of drug-likeness (QED) is 0.825. The maximum Gasteiger partial charge on any atom is 0.119 e. The van der Waals surface area contributed by atoms with Crippen molar-refractivity contribution >= 4 is 0 Å². The molecule has 0 fully saturated rings. The highest BCUT2D eigenvalue weighted by Gasteiger charge is 2.08. The fourth-order valence-corrected chi connectivity index (χ4v) is 1.71. The molecule has 90 valence electrons. The lowest BCUT2D eigenvalue weighted by atomic mass is 9.98. The van der Waals surface area contributed by atoms with E-state index in [1.54, 1.807) is 0 Å². The van der Waals surface area contributed by atoms with Gasteiger partial charge in [0.1, 0.15) is 5.75 Å². The van der Waals surface area contributed by atoms with E-state index in [1.165, 1.54) is 5.56 Å². The van der Waals surface area contributed by atoms with Gasteiger partial charge in [0.2, 0.25) is 0 Å². The van der Waals surface area contributed by atoms with Gasteiger partial charge in [-0.3, -0.25) is 0 Å². The Kier molecular flexibility index (Phi) is 4.81. The number of benzene rings is 1. The molecule has 1 aromatic carbocycles. The third-order valence-electron chi connectivity index (χ3n) is 2.41. The van der Waals surface area contributed by atoms with Gasteiger partial charge in [0.25, 0.3) is 0 Å². The van der Waals surface area contributed by atoms with E-state index in [0.717, 1.165) is 12.2 Å². The summed E-state index contributed by atoms with van der Waals surface area (Å²) < 4.78 is 5.59. The average molecular weight is 221 g/mol. The minimum atomic E-state index is 0.132. The zero-order valence-electron chi connectivity index (χ0n) is 10.7. The van der Waals surface area contributed by atoms with Crippen LogP contribution in [0.1, 0.15) is 45.7 Å². The molecule has 0 unspecified atom stereocenters. The molecule has 0 heterocycles. The minimum absolute atomic E-state index is 0.132. The van der Waals surface area contributed by atoms with E-state index in [0.29, 0.717) is 5.92 Å². The molecule has 0 aliphatic rings. The van der Waals surface area contributed by atoms with Crippen LogP contribution in [0, 0.1) is 5.92 Å². The Balaban J connectivity index is 2.63. The van der Waals surface area contributed by atoms with E-state index < -0.39 is 0 Å². The highest BCUT2D eigenvalue weighted by molar-refractivity contribution is 5.29. The summed E-state index contributed by atoms with van der Waals surface area (Å²) >= 11 is 0. The van der Waals surface area contributed by atoms with Crippen LogP contribution < -0.4 is 10.5 Å². The summed E-state index contributed by atoms with van der Waals surface area (Å²) in [5.41, 5.74) is 7.29. The van der Waals surface area contributed by atoms with Crippen LogP contribution in [-0.4, -0.2) is 6.10 Å². The van der Waals surface area contributed by atoms with E-state index in [9.17, 15) is 0 Å². The molecule has 0 aliphatic heterocycles. The zero-order chi connectivity index (χ0) is 12.1. The summed E-state index contributed by atoms with van der Waals surface area (Å²) in [6, 6.07) is 8.24. The molecule has 2 N–H and O–H groups in total. The zero-order valence-corrected chi connectivity index (χ0v) is 10.7. The molecule has 0 aliphatic carbocycles. The Morgan fingerprint density at radius 3 is 2.06 bits per heavy atom. The van der Waals surface area contributed by atoms with Crippen molar-refractivity contribution in [2.24, 2.45) is 11.7 Å². The van der Waals surface area contributed by atoms with Gasteiger partial charge < -0.3 is 10.5 Å². The summed E-state index contributed by atoms with van der Waals surface area (Å²) in [6.07, 6.45) is 1.24. The molecule has 0 saturated carbocycles. The molecular formula is C14H23NO. The Labute approximate surface area is 98.8 Å². The van der Waals surface area contributed by atoms with Crippen LogP contribution in [0.3, 0.4) is 0 Å². The molecular weight excluding hydrogens is 198 g/mol. The van der Waals surface area contributed by atoms with Crippen LogP contribution in [0.4, 0.5) is 0 Å². The lowest BCUT2D eigenvalue weighted by Crippen LogP contribution is -2.13. The van der Waals surface area contributed by atoms with Gasteiger partial charge in [-0.15, -0.1) is 0 Å². The molecule has 0 aromatic heterocycles. The number of nitrogens with two attached hydrogens (primary N) is 1. The van der Waals surface area contributed by atoms with Gasteiger partial charge in [0, 0.05) is 6.04 Å². The third kappa shape index (κ3) is 4.23. The summed E-state index contributed by atoms with van der Waals surface area (Å²) in [5, 5.41) is 0. The number of rotatable bonds is 5. The minimum Gasteiger partial charge on any atom is -0.491 e. The molecule has 1 aromatic rings. The smallest absolute Gasteiger partial charge is 0.119 e. The van der Waals surface area contributed by atoms with Crippen LogP contribution in [0.5, 0.6) is 5.75 Å². The van der Waals surface area contributed by atoms with Crippen molar-refractivity contribution in [1.29, 1.82) is 0 Å². The molecule has 0 bridgehead atoms. The predicted octanol–water partition coefficient (Wildman–Crippen LogP) is 3.52. The van der Waals surface area contributed by atoms with Crippen LogP contribution in [0.15, 0.2) is 24.3 Å². The SMILES string of the molecule is CC(C)C[C@@H](N)c1ccc(OC(C)C)cc1. The largest absolute Gasteiger partial charge is 0.491 e. The lowest BCUT2D eigenvalue weighted by Gasteiger charge is -2.15. The van der Waals surface area contributed by atoms with E-state index in [4.69, 9.17) is 10.5 Å². The Bertz CT molecular complexity index is 303. The number of hydrogen-bond acceptors (Lipinski definition) is 2. The number of ether oxygens (including phenoxy) is 1. The van der Waals surface area contributed by atoms with Gasteiger partial charge in [-0.25, -0.2) is 0 Å². The molecule has 0 spiro atoms. The second kappa shape index (κ2) is 5.90.